The summed E-state index contributed by atoms with van der Waals surface area (Å²) in [5.74, 6) is -0.538. The second-order valence-corrected chi connectivity index (χ2v) is 7.96. The maximum absolute atomic E-state index is 10.7. The van der Waals surface area contributed by atoms with E-state index in [1.807, 2.05) is 0 Å². The number of carboxylic acid groups (broad SMARTS) is 1. The number of rotatable bonds is 5. The van der Waals surface area contributed by atoms with Crippen LogP contribution in [0.25, 0.3) is 11.6 Å². The summed E-state index contributed by atoms with van der Waals surface area (Å²) >= 11 is 16.2. The number of hydrogen-bond donors (Lipinski definition) is 1. The predicted molar refractivity (Wildman–Crippen MR) is 115 cm³/mol. The van der Waals surface area contributed by atoms with Crippen molar-refractivity contribution in [3.63, 3.8) is 0 Å². The number of allylic oxidation sites excluding steroid dienone is 1. The van der Waals surface area contributed by atoms with Gasteiger partial charge in [0.05, 0.1) is 23.8 Å². The lowest BCUT2D eigenvalue weighted by Gasteiger charge is -2.10. The van der Waals surface area contributed by atoms with Crippen molar-refractivity contribution in [2.24, 2.45) is 0 Å². The van der Waals surface area contributed by atoms with Gasteiger partial charge < -0.3 is 9.84 Å². The first-order chi connectivity index (χ1) is 11.8. The lowest BCUT2D eigenvalue weighted by molar-refractivity contribution is -0.139. The predicted octanol–water partition coefficient (Wildman–Crippen LogP) is 5.73. The van der Waals surface area contributed by atoms with Crippen molar-refractivity contribution >= 4 is 86.0 Å². The monoisotopic (exact) mass is 599 g/mol. The van der Waals surface area contributed by atoms with Gasteiger partial charge in [0.1, 0.15) is 5.75 Å². The molecule has 0 bridgehead atoms. The van der Waals surface area contributed by atoms with Crippen molar-refractivity contribution in [1.29, 1.82) is 5.26 Å². The zero-order valence-electron chi connectivity index (χ0n) is 12.4. The molecule has 2 aromatic carbocycles. The fraction of sp³-hybridized carbons (Fsp3) is 0.0588. The molecule has 0 saturated heterocycles. The number of ether oxygens (including phenoxy) is 1. The highest BCUT2D eigenvalue weighted by Gasteiger charge is 2.12. The molecule has 0 amide bonds. The molecule has 1 N–H and O–H groups in total. The molecule has 0 saturated carbocycles. The molecule has 0 unspecified atom stereocenters. The highest BCUT2D eigenvalue weighted by atomic mass is 127. The molecule has 0 radical (unpaired) electrons. The highest BCUT2D eigenvalue weighted by Crippen LogP contribution is 2.32. The van der Waals surface area contributed by atoms with Crippen LogP contribution in [0.2, 0.25) is 10.0 Å². The van der Waals surface area contributed by atoms with Crippen LogP contribution in [0.5, 0.6) is 5.75 Å². The lowest BCUT2D eigenvalue weighted by Crippen LogP contribution is -2.11. The molecule has 128 valence electrons. The van der Waals surface area contributed by atoms with Gasteiger partial charge in [-0.25, -0.2) is 4.79 Å². The molecule has 0 aliphatic carbocycles. The molecule has 0 atom stereocenters. The molecule has 2 aromatic rings. The Bertz CT molecular complexity index is 884. The van der Waals surface area contributed by atoms with Gasteiger partial charge in [-0.15, -0.1) is 0 Å². The molecule has 0 aliphatic rings. The number of aliphatic carboxylic acids is 1. The SMILES string of the molecule is N#C/C(=C/c1cc(I)c(OCC(=O)O)c(I)c1)c1ccc(Cl)cc1Cl. The Labute approximate surface area is 181 Å². The summed E-state index contributed by atoms with van der Waals surface area (Å²) < 4.78 is 6.79. The van der Waals surface area contributed by atoms with Gasteiger partial charge >= 0.3 is 5.97 Å². The number of hydrogen-bond acceptors (Lipinski definition) is 3. The Hall–Kier alpha value is -1.02. The number of carbonyl (C=O) groups is 1. The molecule has 2 rings (SSSR count). The Balaban J connectivity index is 2.42. The molecule has 0 heterocycles. The van der Waals surface area contributed by atoms with Gasteiger partial charge in [-0.3, -0.25) is 0 Å². The third-order valence-corrected chi connectivity index (χ3v) is 5.16. The van der Waals surface area contributed by atoms with E-state index in [9.17, 15) is 10.1 Å². The van der Waals surface area contributed by atoms with E-state index in [4.69, 9.17) is 33.0 Å². The number of benzene rings is 2. The quantitative estimate of drug-likeness (QED) is 0.271. The van der Waals surface area contributed by atoms with Crippen LogP contribution in [-0.2, 0) is 4.79 Å². The first kappa shape index (κ1) is 20.3. The Kier molecular flexibility index (Phi) is 7.37. The molecule has 0 aliphatic heterocycles. The van der Waals surface area contributed by atoms with Gasteiger partial charge in [0.15, 0.2) is 6.61 Å². The van der Waals surface area contributed by atoms with Gasteiger partial charge in [-0.1, -0.05) is 29.3 Å². The van der Waals surface area contributed by atoms with Crippen molar-refractivity contribution in [2.45, 2.75) is 0 Å². The first-order valence-corrected chi connectivity index (χ1v) is 9.64. The van der Waals surface area contributed by atoms with Crippen LogP contribution in [0.15, 0.2) is 30.3 Å². The average Bonchev–Trinajstić information content (AvgIpc) is 2.52. The standard InChI is InChI=1S/C17H9Cl2I2NO3/c18-11-1-2-12(13(19)6-11)10(7-22)3-9-4-14(20)17(15(21)5-9)25-8-16(23)24/h1-6H,8H2,(H,23,24)/b10-3-. The third-order valence-electron chi connectivity index (χ3n) is 3.01. The zero-order valence-corrected chi connectivity index (χ0v) is 18.2. The van der Waals surface area contributed by atoms with Crippen LogP contribution in [-0.4, -0.2) is 17.7 Å². The molecular formula is C17H9Cl2I2NO3. The second-order valence-electron chi connectivity index (χ2n) is 4.79. The van der Waals surface area contributed by atoms with Crippen LogP contribution in [0, 0.1) is 18.5 Å². The van der Waals surface area contributed by atoms with E-state index in [0.717, 1.165) is 12.7 Å². The van der Waals surface area contributed by atoms with Crippen LogP contribution in [0.3, 0.4) is 0 Å². The van der Waals surface area contributed by atoms with Gasteiger partial charge in [-0.05, 0) is 81.1 Å². The summed E-state index contributed by atoms with van der Waals surface area (Å²) in [7, 11) is 0. The van der Waals surface area contributed by atoms with E-state index in [-0.39, 0.29) is 0 Å². The molecular weight excluding hydrogens is 591 g/mol. The minimum Gasteiger partial charge on any atom is -0.480 e. The first-order valence-electron chi connectivity index (χ1n) is 6.72. The molecule has 0 spiro atoms. The van der Waals surface area contributed by atoms with Crippen LogP contribution >= 0.6 is 68.4 Å². The van der Waals surface area contributed by atoms with Gasteiger partial charge in [0.25, 0.3) is 0 Å². The molecule has 0 aromatic heterocycles. The Morgan fingerprint density at radius 2 is 1.88 bits per heavy atom. The molecule has 25 heavy (non-hydrogen) atoms. The van der Waals surface area contributed by atoms with Crippen molar-refractivity contribution in [2.75, 3.05) is 6.61 Å². The summed E-state index contributed by atoms with van der Waals surface area (Å²) in [5.41, 5.74) is 1.76. The molecule has 4 nitrogen and oxygen atoms in total. The van der Waals surface area contributed by atoms with Crippen LogP contribution in [0.1, 0.15) is 11.1 Å². The highest BCUT2D eigenvalue weighted by molar-refractivity contribution is 14.1. The van der Waals surface area contributed by atoms with E-state index in [1.165, 1.54) is 0 Å². The fourth-order valence-electron chi connectivity index (χ4n) is 1.98. The van der Waals surface area contributed by atoms with Crippen LogP contribution in [0.4, 0.5) is 0 Å². The van der Waals surface area contributed by atoms with Gasteiger partial charge in [0.2, 0.25) is 0 Å². The normalized spacial score (nSPS) is 11.1. The number of halogens is 4. The maximum atomic E-state index is 10.7. The zero-order chi connectivity index (χ0) is 18.6. The van der Waals surface area contributed by atoms with E-state index >= 15 is 0 Å². The van der Waals surface area contributed by atoms with Crippen molar-refractivity contribution in [1.82, 2.24) is 0 Å². The average molecular weight is 600 g/mol. The van der Waals surface area contributed by atoms with E-state index in [0.29, 0.717) is 26.9 Å². The van der Waals surface area contributed by atoms with Crippen LogP contribution < -0.4 is 4.74 Å². The number of nitrogens with zero attached hydrogens (tertiary/aromatic N) is 1. The topological polar surface area (TPSA) is 70.3 Å². The Morgan fingerprint density at radius 1 is 1.24 bits per heavy atom. The lowest BCUT2D eigenvalue weighted by atomic mass is 10.0. The number of nitriles is 1. The van der Waals surface area contributed by atoms with Crippen molar-refractivity contribution in [3.05, 3.63) is 58.6 Å². The van der Waals surface area contributed by atoms with E-state index in [2.05, 4.69) is 51.3 Å². The Morgan fingerprint density at radius 3 is 2.40 bits per heavy atom. The van der Waals surface area contributed by atoms with E-state index < -0.39 is 12.6 Å². The summed E-state index contributed by atoms with van der Waals surface area (Å²) in [6.45, 7) is -0.412. The third kappa shape index (κ3) is 5.48. The maximum Gasteiger partial charge on any atom is 0.341 e. The van der Waals surface area contributed by atoms with Gasteiger partial charge in [-0.2, -0.15) is 5.26 Å². The summed E-state index contributed by atoms with van der Waals surface area (Å²) in [4.78, 5) is 10.7. The number of carboxylic acids is 1. The second kappa shape index (κ2) is 9.07. The van der Waals surface area contributed by atoms with Crippen molar-refractivity contribution in [3.8, 4) is 11.8 Å². The summed E-state index contributed by atoms with van der Waals surface area (Å²) in [6.07, 6.45) is 1.71. The summed E-state index contributed by atoms with van der Waals surface area (Å²) in [6, 6.07) is 10.7. The minimum absolute atomic E-state index is 0.395. The largest absolute Gasteiger partial charge is 0.480 e. The summed E-state index contributed by atoms with van der Waals surface area (Å²) in [5, 5.41) is 19.1. The fourth-order valence-corrected chi connectivity index (χ4v) is 4.62. The minimum atomic E-state index is -1.04. The van der Waals surface area contributed by atoms with E-state index in [1.54, 1.807) is 36.4 Å². The molecule has 0 fully saturated rings. The van der Waals surface area contributed by atoms with Gasteiger partial charge in [0, 0.05) is 10.6 Å². The molecule has 8 heteroatoms. The van der Waals surface area contributed by atoms with Crippen molar-refractivity contribution < 1.29 is 14.6 Å². The smallest absolute Gasteiger partial charge is 0.341 e.